The molecule has 30 heavy (non-hydrogen) atoms. The Morgan fingerprint density at radius 3 is 2.37 bits per heavy atom. The zero-order chi connectivity index (χ0) is 20.9. The second kappa shape index (κ2) is 9.79. The summed E-state index contributed by atoms with van der Waals surface area (Å²) in [6, 6.07) is 9.92. The van der Waals surface area contributed by atoms with Gasteiger partial charge in [-0.05, 0) is 71.9 Å². The Bertz CT molecular complexity index is 848. The van der Waals surface area contributed by atoms with Crippen LogP contribution in [0.25, 0.3) is 0 Å². The molecule has 2 aromatic rings. The number of methoxy groups -OCH3 is 1. The van der Waals surface area contributed by atoms with Gasteiger partial charge in [0.15, 0.2) is 0 Å². The summed E-state index contributed by atoms with van der Waals surface area (Å²) in [5.74, 6) is 1.68. The van der Waals surface area contributed by atoms with Crippen molar-refractivity contribution in [1.29, 1.82) is 0 Å². The first-order valence-electron chi connectivity index (χ1n) is 10.6. The Balaban J connectivity index is 1.26. The number of nitrogens with zero attached hydrogens (tertiary/aromatic N) is 3. The standard InChI is InChI=1S/C23H28BrN3O3/c1-29-20-2-3-22(24)21(16-20)23(28)27-12-6-17(7-13-27)26-14-8-19(9-15-26)30-18-4-10-25-11-5-18/h2-5,10-11,16-17,19H,6-9,12-15H2,1H3. The molecule has 1 aromatic carbocycles. The van der Waals surface area contributed by atoms with E-state index in [0.717, 1.165) is 62.1 Å². The summed E-state index contributed by atoms with van der Waals surface area (Å²) in [5, 5.41) is 0. The van der Waals surface area contributed by atoms with Crippen LogP contribution >= 0.6 is 15.9 Å². The quantitative estimate of drug-likeness (QED) is 0.656. The average Bonchev–Trinajstić information content (AvgIpc) is 2.80. The molecule has 2 aliphatic rings. The SMILES string of the molecule is COc1ccc(Br)c(C(=O)N2CCC(N3CCC(Oc4ccncc4)CC3)CC2)c1. The summed E-state index contributed by atoms with van der Waals surface area (Å²) in [7, 11) is 1.62. The van der Waals surface area contributed by atoms with Gasteiger partial charge in [0.05, 0.1) is 12.7 Å². The highest BCUT2D eigenvalue weighted by molar-refractivity contribution is 9.10. The molecule has 4 rings (SSSR count). The van der Waals surface area contributed by atoms with Crippen molar-refractivity contribution in [3.8, 4) is 11.5 Å². The van der Waals surface area contributed by atoms with Gasteiger partial charge in [-0.1, -0.05) is 0 Å². The zero-order valence-corrected chi connectivity index (χ0v) is 18.9. The fraction of sp³-hybridized carbons (Fsp3) is 0.478. The first kappa shape index (κ1) is 21.1. The van der Waals surface area contributed by atoms with Crippen molar-refractivity contribution in [3.63, 3.8) is 0 Å². The molecule has 2 saturated heterocycles. The number of piperidine rings is 2. The summed E-state index contributed by atoms with van der Waals surface area (Å²) in [4.78, 5) is 21.6. The monoisotopic (exact) mass is 473 g/mol. The predicted octanol–water partition coefficient (Wildman–Crippen LogP) is 4.00. The maximum Gasteiger partial charge on any atom is 0.255 e. The number of ether oxygens (including phenoxy) is 2. The lowest BCUT2D eigenvalue weighted by Crippen LogP contribution is -2.50. The van der Waals surface area contributed by atoms with E-state index in [0.29, 0.717) is 17.4 Å². The summed E-state index contributed by atoms with van der Waals surface area (Å²) >= 11 is 3.50. The molecule has 0 unspecified atom stereocenters. The molecule has 0 saturated carbocycles. The molecule has 3 heterocycles. The highest BCUT2D eigenvalue weighted by Crippen LogP contribution is 2.27. The zero-order valence-electron chi connectivity index (χ0n) is 17.3. The van der Waals surface area contributed by atoms with Crippen LogP contribution in [0.3, 0.4) is 0 Å². The van der Waals surface area contributed by atoms with Crippen LogP contribution in [0.4, 0.5) is 0 Å². The topological polar surface area (TPSA) is 54.9 Å². The first-order chi connectivity index (χ1) is 14.6. The summed E-state index contributed by atoms with van der Waals surface area (Å²) in [5.41, 5.74) is 0.668. The van der Waals surface area contributed by atoms with E-state index < -0.39 is 0 Å². The lowest BCUT2D eigenvalue weighted by atomic mass is 9.98. The molecule has 0 aliphatic carbocycles. The van der Waals surface area contributed by atoms with E-state index in [1.165, 1.54) is 0 Å². The highest BCUT2D eigenvalue weighted by Gasteiger charge is 2.31. The molecule has 6 nitrogen and oxygen atoms in total. The van der Waals surface area contributed by atoms with E-state index in [1.54, 1.807) is 19.5 Å². The normalized spacial score (nSPS) is 18.9. The number of carbonyl (C=O) groups is 1. The molecule has 7 heteroatoms. The Labute approximate surface area is 186 Å². The van der Waals surface area contributed by atoms with Gasteiger partial charge in [-0.2, -0.15) is 0 Å². The fourth-order valence-corrected chi connectivity index (χ4v) is 4.78. The van der Waals surface area contributed by atoms with E-state index in [2.05, 4.69) is 25.8 Å². The lowest BCUT2D eigenvalue weighted by molar-refractivity contribution is 0.0425. The van der Waals surface area contributed by atoms with E-state index in [4.69, 9.17) is 9.47 Å². The van der Waals surface area contributed by atoms with Crippen LogP contribution in [0.15, 0.2) is 47.2 Å². The van der Waals surface area contributed by atoms with Gasteiger partial charge < -0.3 is 14.4 Å². The van der Waals surface area contributed by atoms with Crippen LogP contribution in [0.2, 0.25) is 0 Å². The largest absolute Gasteiger partial charge is 0.497 e. The minimum atomic E-state index is 0.0729. The van der Waals surface area contributed by atoms with Crippen molar-refractivity contribution in [2.24, 2.45) is 0 Å². The van der Waals surface area contributed by atoms with Gasteiger partial charge in [0.2, 0.25) is 0 Å². The highest BCUT2D eigenvalue weighted by atomic mass is 79.9. The third-order valence-corrected chi connectivity index (χ3v) is 6.79. The van der Waals surface area contributed by atoms with Gasteiger partial charge in [-0.25, -0.2) is 0 Å². The third kappa shape index (κ3) is 4.95. The molecule has 1 amide bonds. The number of pyridine rings is 1. The summed E-state index contributed by atoms with van der Waals surface area (Å²) in [6.45, 7) is 3.69. The smallest absolute Gasteiger partial charge is 0.255 e. The van der Waals surface area contributed by atoms with Gasteiger partial charge in [-0.15, -0.1) is 0 Å². The van der Waals surface area contributed by atoms with E-state index in [9.17, 15) is 4.79 Å². The summed E-state index contributed by atoms with van der Waals surface area (Å²) < 4.78 is 12.2. The van der Waals surface area contributed by atoms with Crippen LogP contribution in [-0.2, 0) is 0 Å². The molecule has 0 spiro atoms. The Kier molecular flexibility index (Phi) is 6.89. The number of hydrogen-bond acceptors (Lipinski definition) is 5. The van der Waals surface area contributed by atoms with Gasteiger partial charge >= 0.3 is 0 Å². The van der Waals surface area contributed by atoms with Crippen molar-refractivity contribution < 1.29 is 14.3 Å². The van der Waals surface area contributed by atoms with Crippen LogP contribution in [0, 0.1) is 0 Å². The minimum Gasteiger partial charge on any atom is -0.497 e. The molecule has 160 valence electrons. The van der Waals surface area contributed by atoms with Crippen LogP contribution in [0.1, 0.15) is 36.0 Å². The number of aromatic nitrogens is 1. The number of carbonyl (C=O) groups excluding carboxylic acids is 1. The maximum atomic E-state index is 13.0. The molecule has 0 radical (unpaired) electrons. The molecule has 1 aromatic heterocycles. The number of benzene rings is 1. The van der Waals surface area contributed by atoms with Gasteiger partial charge in [0, 0.05) is 49.1 Å². The van der Waals surface area contributed by atoms with Crippen LogP contribution in [0.5, 0.6) is 11.5 Å². The van der Waals surface area contributed by atoms with Crippen molar-refractivity contribution in [3.05, 3.63) is 52.8 Å². The molecule has 0 atom stereocenters. The van der Waals surface area contributed by atoms with E-state index in [1.807, 2.05) is 35.2 Å². The molecular formula is C23H28BrN3O3. The van der Waals surface area contributed by atoms with Gasteiger partial charge in [0.1, 0.15) is 17.6 Å². The third-order valence-electron chi connectivity index (χ3n) is 6.10. The number of likely N-dealkylation sites (tertiary alicyclic amines) is 2. The van der Waals surface area contributed by atoms with Crippen molar-refractivity contribution in [2.45, 2.75) is 37.8 Å². The first-order valence-corrected chi connectivity index (χ1v) is 11.4. The van der Waals surface area contributed by atoms with Crippen molar-refractivity contribution in [2.75, 3.05) is 33.3 Å². The molecule has 0 N–H and O–H groups in total. The van der Waals surface area contributed by atoms with Crippen LogP contribution in [-0.4, -0.2) is 66.1 Å². The Morgan fingerprint density at radius 1 is 1.00 bits per heavy atom. The van der Waals surface area contributed by atoms with Crippen molar-refractivity contribution in [1.82, 2.24) is 14.8 Å². The van der Waals surface area contributed by atoms with Gasteiger partial charge in [0.25, 0.3) is 5.91 Å². The second-order valence-corrected chi connectivity index (χ2v) is 8.76. The predicted molar refractivity (Wildman–Crippen MR) is 119 cm³/mol. The Hall–Kier alpha value is -2.12. The molecule has 2 fully saturated rings. The number of rotatable bonds is 5. The number of hydrogen-bond donors (Lipinski definition) is 0. The van der Waals surface area contributed by atoms with Crippen molar-refractivity contribution >= 4 is 21.8 Å². The molecular weight excluding hydrogens is 446 g/mol. The van der Waals surface area contributed by atoms with Gasteiger partial charge in [-0.3, -0.25) is 14.7 Å². The van der Waals surface area contributed by atoms with Crippen LogP contribution < -0.4 is 9.47 Å². The number of halogens is 1. The second-order valence-electron chi connectivity index (χ2n) is 7.91. The van der Waals surface area contributed by atoms with E-state index >= 15 is 0 Å². The lowest BCUT2D eigenvalue weighted by Gasteiger charge is -2.41. The minimum absolute atomic E-state index is 0.0729. The average molecular weight is 474 g/mol. The molecule has 2 aliphatic heterocycles. The Morgan fingerprint density at radius 2 is 1.70 bits per heavy atom. The maximum absolute atomic E-state index is 13.0. The summed E-state index contributed by atoms with van der Waals surface area (Å²) in [6.07, 6.45) is 7.92. The fourth-order valence-electron chi connectivity index (χ4n) is 4.37. The molecule has 0 bridgehead atoms. The number of amides is 1. The van der Waals surface area contributed by atoms with E-state index in [-0.39, 0.29) is 12.0 Å².